The van der Waals surface area contributed by atoms with E-state index < -0.39 is 5.54 Å². The third-order valence-electron chi connectivity index (χ3n) is 4.77. The summed E-state index contributed by atoms with van der Waals surface area (Å²) in [5.74, 6) is 1.11. The Morgan fingerprint density at radius 2 is 2.08 bits per heavy atom. The van der Waals surface area contributed by atoms with Gasteiger partial charge in [0.2, 0.25) is 5.89 Å². The molecule has 1 saturated carbocycles. The molecular weight excluding hydrogens is 320 g/mol. The molecule has 0 atom stereocenters. The lowest BCUT2D eigenvalue weighted by molar-refractivity contribution is 0.0893. The van der Waals surface area contributed by atoms with Gasteiger partial charge in [0.05, 0.1) is 5.56 Å². The van der Waals surface area contributed by atoms with Crippen LogP contribution in [0.5, 0.6) is 0 Å². The molecule has 25 heavy (non-hydrogen) atoms. The summed E-state index contributed by atoms with van der Waals surface area (Å²) in [7, 11) is 0. The van der Waals surface area contributed by atoms with E-state index in [4.69, 9.17) is 4.52 Å². The van der Waals surface area contributed by atoms with Crippen molar-refractivity contribution in [2.45, 2.75) is 51.0 Å². The molecule has 8 heteroatoms. The zero-order chi connectivity index (χ0) is 17.4. The maximum atomic E-state index is 13.0. The number of amides is 1. The van der Waals surface area contributed by atoms with Crippen LogP contribution in [0.4, 0.5) is 0 Å². The van der Waals surface area contributed by atoms with Gasteiger partial charge < -0.3 is 9.84 Å². The molecule has 3 aromatic rings. The fraction of sp³-hybridized carbons (Fsp3) is 0.471. The summed E-state index contributed by atoms with van der Waals surface area (Å²) in [6, 6.07) is 5.36. The van der Waals surface area contributed by atoms with Gasteiger partial charge in [-0.15, -0.1) is 0 Å². The normalized spacial score (nSPS) is 16.6. The second-order valence-electron chi connectivity index (χ2n) is 6.85. The fourth-order valence-corrected chi connectivity index (χ4v) is 3.38. The Balaban J connectivity index is 1.67. The van der Waals surface area contributed by atoms with E-state index in [-0.39, 0.29) is 11.8 Å². The number of nitrogens with one attached hydrogen (secondary N) is 2. The van der Waals surface area contributed by atoms with Crippen LogP contribution in [0.3, 0.4) is 0 Å². The first-order valence-electron chi connectivity index (χ1n) is 8.55. The number of carbonyl (C=O) groups excluding carboxylic acids is 1. The van der Waals surface area contributed by atoms with E-state index in [1.165, 1.54) is 0 Å². The van der Waals surface area contributed by atoms with Crippen molar-refractivity contribution < 1.29 is 9.32 Å². The lowest BCUT2D eigenvalue weighted by atomic mass is 9.95. The maximum Gasteiger partial charge on any atom is 0.254 e. The second-order valence-corrected chi connectivity index (χ2v) is 6.85. The van der Waals surface area contributed by atoms with Crippen molar-refractivity contribution >= 4 is 16.9 Å². The van der Waals surface area contributed by atoms with Crippen LogP contribution in [0.15, 0.2) is 22.7 Å². The van der Waals surface area contributed by atoms with Gasteiger partial charge in [-0.2, -0.15) is 20.4 Å². The topological polar surface area (TPSA) is 110 Å². The first-order valence-corrected chi connectivity index (χ1v) is 8.55. The highest BCUT2D eigenvalue weighted by Gasteiger charge is 2.42. The average molecular weight is 340 g/mol. The van der Waals surface area contributed by atoms with E-state index in [2.05, 4.69) is 30.9 Å². The quantitative estimate of drug-likeness (QED) is 0.755. The molecule has 1 aromatic carbocycles. The van der Waals surface area contributed by atoms with Gasteiger partial charge in [0.1, 0.15) is 16.6 Å². The number of carbonyl (C=O) groups is 1. The molecule has 4 rings (SSSR count). The lowest BCUT2D eigenvalue weighted by Gasteiger charge is -2.26. The van der Waals surface area contributed by atoms with Crippen LogP contribution in [0, 0.1) is 0 Å². The molecule has 0 spiro atoms. The van der Waals surface area contributed by atoms with Crippen LogP contribution < -0.4 is 5.32 Å². The third kappa shape index (κ3) is 2.67. The summed E-state index contributed by atoms with van der Waals surface area (Å²) in [6.45, 7) is 4.00. The number of para-hydroxylation sites is 1. The monoisotopic (exact) mass is 340 g/mol. The third-order valence-corrected chi connectivity index (χ3v) is 4.77. The Morgan fingerprint density at radius 1 is 1.28 bits per heavy atom. The van der Waals surface area contributed by atoms with Crippen molar-refractivity contribution in [3.8, 4) is 0 Å². The number of benzene rings is 1. The van der Waals surface area contributed by atoms with Gasteiger partial charge in [-0.25, -0.2) is 0 Å². The van der Waals surface area contributed by atoms with Gasteiger partial charge in [-0.1, -0.05) is 37.9 Å². The zero-order valence-corrected chi connectivity index (χ0v) is 14.2. The van der Waals surface area contributed by atoms with E-state index in [0.717, 1.165) is 25.7 Å². The van der Waals surface area contributed by atoms with Gasteiger partial charge in [0.25, 0.3) is 5.91 Å². The SMILES string of the molecule is CC(C)c1nc(C2(NC(=O)c3cccc4n[nH]nc34)CCCC2)no1. The second kappa shape index (κ2) is 5.94. The molecule has 2 heterocycles. The van der Waals surface area contributed by atoms with Crippen LogP contribution in [-0.2, 0) is 5.54 Å². The first kappa shape index (κ1) is 15.7. The molecule has 8 nitrogen and oxygen atoms in total. The predicted molar refractivity (Wildman–Crippen MR) is 89.9 cm³/mol. The molecule has 2 aromatic heterocycles. The first-order chi connectivity index (χ1) is 12.1. The van der Waals surface area contributed by atoms with Gasteiger partial charge in [-0.3, -0.25) is 4.79 Å². The smallest absolute Gasteiger partial charge is 0.254 e. The minimum Gasteiger partial charge on any atom is -0.339 e. The van der Waals surface area contributed by atoms with Crippen molar-refractivity contribution in [2.75, 3.05) is 0 Å². The highest BCUT2D eigenvalue weighted by atomic mass is 16.5. The van der Waals surface area contributed by atoms with Gasteiger partial charge in [-0.05, 0) is 25.0 Å². The molecule has 1 aliphatic carbocycles. The Bertz CT molecular complexity index is 907. The predicted octanol–water partition coefficient (Wildman–Crippen LogP) is 2.66. The minimum absolute atomic E-state index is 0.152. The van der Waals surface area contributed by atoms with Gasteiger partial charge in [0, 0.05) is 5.92 Å². The Morgan fingerprint density at radius 3 is 2.80 bits per heavy atom. The van der Waals surface area contributed by atoms with E-state index >= 15 is 0 Å². The molecule has 1 aliphatic rings. The minimum atomic E-state index is -0.584. The number of aromatic amines is 1. The number of aromatic nitrogens is 5. The molecule has 0 aliphatic heterocycles. The standard InChI is InChI=1S/C17H20N6O2/c1-10(2)15-18-16(22-25-15)17(8-3-4-9-17)19-14(24)11-6-5-7-12-13(11)21-23-20-12/h5-7,10H,3-4,8-9H2,1-2H3,(H,19,24)(H,20,21,23). The fourth-order valence-electron chi connectivity index (χ4n) is 3.38. The van der Waals surface area contributed by atoms with Crippen LogP contribution in [0.2, 0.25) is 0 Å². The van der Waals surface area contributed by atoms with Crippen LogP contribution in [-0.4, -0.2) is 31.5 Å². The molecule has 0 saturated heterocycles. The van der Waals surface area contributed by atoms with E-state index in [1.54, 1.807) is 12.1 Å². The number of hydrogen-bond donors (Lipinski definition) is 2. The van der Waals surface area contributed by atoms with Crippen molar-refractivity contribution in [2.24, 2.45) is 0 Å². The summed E-state index contributed by atoms with van der Waals surface area (Å²) in [5.41, 5.74) is 1.13. The summed E-state index contributed by atoms with van der Waals surface area (Å²) < 4.78 is 5.37. The Kier molecular flexibility index (Phi) is 3.74. The largest absolute Gasteiger partial charge is 0.339 e. The Labute approximate surface area is 144 Å². The van der Waals surface area contributed by atoms with Crippen LogP contribution in [0.1, 0.15) is 67.5 Å². The number of fused-ring (bicyclic) bond motifs is 1. The lowest BCUT2D eigenvalue weighted by Crippen LogP contribution is -2.44. The van der Waals surface area contributed by atoms with Crippen molar-refractivity contribution in [3.05, 3.63) is 35.5 Å². The van der Waals surface area contributed by atoms with Gasteiger partial charge >= 0.3 is 0 Å². The number of H-pyrrole nitrogens is 1. The van der Waals surface area contributed by atoms with Crippen molar-refractivity contribution in [1.29, 1.82) is 0 Å². The van der Waals surface area contributed by atoms with Crippen molar-refractivity contribution in [1.82, 2.24) is 30.9 Å². The average Bonchev–Trinajstić information content (AvgIpc) is 3.34. The van der Waals surface area contributed by atoms with Crippen LogP contribution in [0.25, 0.3) is 11.0 Å². The molecule has 130 valence electrons. The molecule has 0 unspecified atom stereocenters. The molecule has 1 amide bonds. The zero-order valence-electron chi connectivity index (χ0n) is 14.2. The Hall–Kier alpha value is -2.77. The van der Waals surface area contributed by atoms with E-state index in [9.17, 15) is 4.79 Å². The molecule has 1 fully saturated rings. The molecule has 2 N–H and O–H groups in total. The maximum absolute atomic E-state index is 13.0. The summed E-state index contributed by atoms with van der Waals surface area (Å²) in [5, 5.41) is 18.0. The molecular formula is C17H20N6O2. The van der Waals surface area contributed by atoms with Gasteiger partial charge in [0.15, 0.2) is 5.82 Å². The van der Waals surface area contributed by atoms with Crippen LogP contribution >= 0.6 is 0 Å². The highest BCUT2D eigenvalue weighted by molar-refractivity contribution is 6.04. The summed E-state index contributed by atoms with van der Waals surface area (Å²) in [4.78, 5) is 17.5. The van der Waals surface area contributed by atoms with E-state index in [0.29, 0.717) is 28.3 Å². The number of hydrogen-bond acceptors (Lipinski definition) is 6. The molecule has 0 radical (unpaired) electrons. The molecule has 0 bridgehead atoms. The highest BCUT2D eigenvalue weighted by Crippen LogP contribution is 2.38. The summed E-state index contributed by atoms with van der Waals surface area (Å²) >= 11 is 0. The summed E-state index contributed by atoms with van der Waals surface area (Å²) in [6.07, 6.45) is 3.62. The number of nitrogens with zero attached hydrogens (tertiary/aromatic N) is 4. The van der Waals surface area contributed by atoms with E-state index in [1.807, 2.05) is 19.9 Å². The van der Waals surface area contributed by atoms with Crippen molar-refractivity contribution in [3.63, 3.8) is 0 Å². The number of rotatable bonds is 4.